The van der Waals surface area contributed by atoms with Crippen LogP contribution in [0.4, 0.5) is 0 Å². The first-order chi connectivity index (χ1) is 6.81. The molecule has 0 saturated carbocycles. The van der Waals surface area contributed by atoms with E-state index in [9.17, 15) is 0 Å². The highest BCUT2D eigenvalue weighted by molar-refractivity contribution is 9.10. The number of likely N-dealkylation sites (N-methyl/N-ethyl adjacent to an activating group) is 1. The van der Waals surface area contributed by atoms with E-state index in [1.165, 1.54) is 22.9 Å². The van der Waals surface area contributed by atoms with Crippen LogP contribution in [0, 0.1) is 0 Å². The molecule has 0 radical (unpaired) electrons. The van der Waals surface area contributed by atoms with Crippen molar-refractivity contribution in [2.45, 2.75) is 25.7 Å². The van der Waals surface area contributed by atoms with Gasteiger partial charge >= 0.3 is 0 Å². The average Bonchev–Trinajstić information content (AvgIpc) is 2.57. The van der Waals surface area contributed by atoms with Crippen molar-refractivity contribution in [2.24, 2.45) is 0 Å². The molecule has 76 valence electrons. The Morgan fingerprint density at radius 1 is 1.50 bits per heavy atom. The van der Waals surface area contributed by atoms with Gasteiger partial charge in [0.05, 0.1) is 0 Å². The Bertz CT molecular complexity index is 322. The van der Waals surface area contributed by atoms with Crippen molar-refractivity contribution in [3.63, 3.8) is 0 Å². The van der Waals surface area contributed by atoms with E-state index >= 15 is 0 Å². The number of benzene rings is 1. The molecule has 0 spiro atoms. The number of fused-ring (bicyclic) bond motifs is 1. The molecular formula is C12H16BrN. The fourth-order valence-corrected chi connectivity index (χ4v) is 2.61. The van der Waals surface area contributed by atoms with E-state index in [1.807, 2.05) is 0 Å². The minimum atomic E-state index is 0.734. The maximum absolute atomic E-state index is 3.52. The van der Waals surface area contributed by atoms with Crippen LogP contribution in [0.1, 0.15) is 30.4 Å². The molecule has 1 nitrogen and oxygen atoms in total. The molecule has 1 atom stereocenters. The zero-order valence-electron chi connectivity index (χ0n) is 8.52. The minimum Gasteiger partial charge on any atom is -0.316 e. The molecule has 1 aromatic rings. The van der Waals surface area contributed by atoms with Gasteiger partial charge in [0, 0.05) is 11.0 Å². The molecule has 1 aliphatic rings. The molecule has 1 unspecified atom stereocenters. The van der Waals surface area contributed by atoms with Crippen molar-refractivity contribution in [3.05, 3.63) is 33.8 Å². The normalized spacial score (nSPS) is 19.7. The molecule has 0 saturated heterocycles. The summed E-state index contributed by atoms with van der Waals surface area (Å²) in [5.74, 6) is 0.734. The molecule has 0 amide bonds. The molecule has 0 bridgehead atoms. The summed E-state index contributed by atoms with van der Waals surface area (Å²) in [7, 11) is 0. The Hall–Kier alpha value is -0.340. The Balaban J connectivity index is 2.14. The minimum absolute atomic E-state index is 0.734. The summed E-state index contributed by atoms with van der Waals surface area (Å²) in [6.45, 7) is 4.37. The molecule has 0 aliphatic heterocycles. The van der Waals surface area contributed by atoms with Crippen LogP contribution in [0.25, 0.3) is 0 Å². The van der Waals surface area contributed by atoms with E-state index in [2.05, 4.69) is 46.4 Å². The predicted octanol–water partition coefficient (Wildman–Crippen LogP) is 3.09. The van der Waals surface area contributed by atoms with E-state index in [4.69, 9.17) is 0 Å². The number of halogens is 1. The van der Waals surface area contributed by atoms with Gasteiger partial charge in [-0.2, -0.15) is 0 Å². The summed E-state index contributed by atoms with van der Waals surface area (Å²) >= 11 is 3.52. The highest BCUT2D eigenvalue weighted by Crippen LogP contribution is 2.34. The van der Waals surface area contributed by atoms with Crippen molar-refractivity contribution >= 4 is 15.9 Å². The van der Waals surface area contributed by atoms with E-state index in [0.29, 0.717) is 0 Å². The quantitative estimate of drug-likeness (QED) is 0.874. The summed E-state index contributed by atoms with van der Waals surface area (Å²) in [6.07, 6.45) is 2.55. The number of hydrogen-bond acceptors (Lipinski definition) is 1. The van der Waals surface area contributed by atoms with Crippen LogP contribution in [-0.4, -0.2) is 13.1 Å². The highest BCUT2D eigenvalue weighted by atomic mass is 79.9. The fraction of sp³-hybridized carbons (Fsp3) is 0.500. The van der Waals surface area contributed by atoms with Crippen LogP contribution in [0.3, 0.4) is 0 Å². The topological polar surface area (TPSA) is 12.0 Å². The van der Waals surface area contributed by atoms with E-state index in [1.54, 1.807) is 5.56 Å². The lowest BCUT2D eigenvalue weighted by atomic mass is 10.0. The lowest BCUT2D eigenvalue weighted by molar-refractivity contribution is 0.594. The maximum atomic E-state index is 3.52. The molecule has 0 aromatic heterocycles. The monoisotopic (exact) mass is 253 g/mol. The third kappa shape index (κ3) is 2.01. The molecule has 0 heterocycles. The summed E-state index contributed by atoms with van der Waals surface area (Å²) in [5, 5.41) is 3.43. The Kier molecular flexibility index (Phi) is 3.24. The third-order valence-corrected chi connectivity index (χ3v) is 3.44. The number of aryl methyl sites for hydroxylation is 1. The van der Waals surface area contributed by atoms with Crippen LogP contribution in [-0.2, 0) is 6.42 Å². The Morgan fingerprint density at radius 2 is 2.36 bits per heavy atom. The van der Waals surface area contributed by atoms with E-state index in [-0.39, 0.29) is 0 Å². The lowest BCUT2D eigenvalue weighted by Crippen LogP contribution is -2.19. The van der Waals surface area contributed by atoms with Gasteiger partial charge in [-0.15, -0.1) is 0 Å². The molecule has 0 fully saturated rings. The van der Waals surface area contributed by atoms with Crippen molar-refractivity contribution in [1.29, 1.82) is 0 Å². The summed E-state index contributed by atoms with van der Waals surface area (Å²) in [4.78, 5) is 0. The van der Waals surface area contributed by atoms with Gasteiger partial charge in [-0.1, -0.05) is 28.9 Å². The highest BCUT2D eigenvalue weighted by Gasteiger charge is 2.21. The van der Waals surface area contributed by atoms with E-state index in [0.717, 1.165) is 19.0 Å². The first-order valence-electron chi connectivity index (χ1n) is 5.30. The van der Waals surface area contributed by atoms with Crippen molar-refractivity contribution in [3.8, 4) is 0 Å². The van der Waals surface area contributed by atoms with Crippen molar-refractivity contribution in [2.75, 3.05) is 13.1 Å². The Labute approximate surface area is 94.0 Å². The second kappa shape index (κ2) is 4.45. The van der Waals surface area contributed by atoms with E-state index < -0.39 is 0 Å². The van der Waals surface area contributed by atoms with Crippen LogP contribution >= 0.6 is 15.9 Å². The molecule has 1 N–H and O–H groups in total. The van der Waals surface area contributed by atoms with Crippen LogP contribution in [0.15, 0.2) is 22.7 Å². The van der Waals surface area contributed by atoms with Gasteiger partial charge < -0.3 is 5.32 Å². The van der Waals surface area contributed by atoms with Gasteiger partial charge in [0.15, 0.2) is 0 Å². The molecular weight excluding hydrogens is 238 g/mol. The molecule has 14 heavy (non-hydrogen) atoms. The fourth-order valence-electron chi connectivity index (χ4n) is 2.20. The number of hydrogen-bond donors (Lipinski definition) is 1. The SMILES string of the molecule is CCNCC1CCc2cc(Br)ccc21. The van der Waals surface area contributed by atoms with Crippen molar-refractivity contribution in [1.82, 2.24) is 5.32 Å². The third-order valence-electron chi connectivity index (χ3n) is 2.95. The second-order valence-electron chi connectivity index (χ2n) is 3.89. The van der Waals surface area contributed by atoms with Gasteiger partial charge in [0.2, 0.25) is 0 Å². The zero-order chi connectivity index (χ0) is 9.97. The van der Waals surface area contributed by atoms with Gasteiger partial charge in [-0.25, -0.2) is 0 Å². The molecule has 2 heteroatoms. The van der Waals surface area contributed by atoms with Crippen LogP contribution in [0.2, 0.25) is 0 Å². The zero-order valence-corrected chi connectivity index (χ0v) is 10.1. The Morgan fingerprint density at radius 3 is 3.14 bits per heavy atom. The van der Waals surface area contributed by atoms with Gasteiger partial charge in [0.25, 0.3) is 0 Å². The summed E-state index contributed by atoms with van der Waals surface area (Å²) in [6, 6.07) is 6.69. The predicted molar refractivity (Wildman–Crippen MR) is 63.7 cm³/mol. The summed E-state index contributed by atoms with van der Waals surface area (Å²) < 4.78 is 1.21. The van der Waals surface area contributed by atoms with Crippen LogP contribution < -0.4 is 5.32 Å². The smallest absolute Gasteiger partial charge is 0.0178 e. The first-order valence-corrected chi connectivity index (χ1v) is 6.09. The van der Waals surface area contributed by atoms with Gasteiger partial charge in [-0.3, -0.25) is 0 Å². The molecule has 2 rings (SSSR count). The standard InChI is InChI=1S/C12H16BrN/c1-2-14-8-10-4-3-9-7-11(13)5-6-12(9)10/h5-7,10,14H,2-4,8H2,1H3. The summed E-state index contributed by atoms with van der Waals surface area (Å²) in [5.41, 5.74) is 3.08. The number of nitrogens with one attached hydrogen (secondary N) is 1. The largest absolute Gasteiger partial charge is 0.316 e. The second-order valence-corrected chi connectivity index (χ2v) is 4.80. The molecule has 1 aliphatic carbocycles. The average molecular weight is 254 g/mol. The maximum Gasteiger partial charge on any atom is 0.0178 e. The number of rotatable bonds is 3. The lowest BCUT2D eigenvalue weighted by Gasteiger charge is -2.11. The van der Waals surface area contributed by atoms with Gasteiger partial charge in [0.1, 0.15) is 0 Å². The molecule has 1 aromatic carbocycles. The first kappa shape index (κ1) is 10.2. The van der Waals surface area contributed by atoms with Crippen LogP contribution in [0.5, 0.6) is 0 Å². The van der Waals surface area contributed by atoms with Crippen molar-refractivity contribution < 1.29 is 0 Å². The van der Waals surface area contributed by atoms with Gasteiger partial charge in [-0.05, 0) is 48.6 Å².